The highest BCUT2D eigenvalue weighted by molar-refractivity contribution is 7.92. The molecule has 0 radical (unpaired) electrons. The van der Waals surface area contributed by atoms with E-state index in [4.69, 9.17) is 11.6 Å². The van der Waals surface area contributed by atoms with E-state index < -0.39 is 14.6 Å². The molecular formula is C14H20ClNO2S. The van der Waals surface area contributed by atoms with Crippen molar-refractivity contribution >= 4 is 21.4 Å². The molecule has 1 aromatic carbocycles. The van der Waals surface area contributed by atoms with Gasteiger partial charge in [-0.3, -0.25) is 0 Å². The predicted molar refractivity (Wildman–Crippen MR) is 79.6 cm³/mol. The number of rotatable bonds is 4. The molecule has 0 saturated heterocycles. The van der Waals surface area contributed by atoms with Crippen molar-refractivity contribution in [3.63, 3.8) is 0 Å². The molecule has 1 aliphatic carbocycles. The Morgan fingerprint density at radius 1 is 1.32 bits per heavy atom. The molecule has 2 rings (SSSR count). The molecule has 1 aliphatic rings. The van der Waals surface area contributed by atoms with Crippen molar-refractivity contribution in [2.45, 2.75) is 37.5 Å². The Morgan fingerprint density at radius 3 is 2.58 bits per heavy atom. The fraction of sp³-hybridized carbons (Fsp3) is 0.571. The first-order valence-corrected chi connectivity index (χ1v) is 8.66. The van der Waals surface area contributed by atoms with Crippen molar-refractivity contribution in [1.82, 2.24) is 5.32 Å². The van der Waals surface area contributed by atoms with Crippen LogP contribution in [-0.4, -0.2) is 32.0 Å². The average Bonchev–Trinajstić information content (AvgIpc) is 2.67. The predicted octanol–water partition coefficient (Wildman–Crippen LogP) is 2.22. The van der Waals surface area contributed by atoms with Gasteiger partial charge in [0.05, 0.1) is 4.75 Å². The minimum Gasteiger partial charge on any atom is -0.312 e. The van der Waals surface area contributed by atoms with E-state index >= 15 is 0 Å². The van der Waals surface area contributed by atoms with Gasteiger partial charge < -0.3 is 5.32 Å². The van der Waals surface area contributed by atoms with Crippen LogP contribution in [0.2, 0.25) is 5.02 Å². The summed E-state index contributed by atoms with van der Waals surface area (Å²) in [5.74, 6) is 0. The maximum absolute atomic E-state index is 11.7. The van der Waals surface area contributed by atoms with Crippen LogP contribution >= 0.6 is 11.6 Å². The second-order valence-electron chi connectivity index (χ2n) is 5.93. The highest BCUT2D eigenvalue weighted by atomic mass is 35.5. The van der Waals surface area contributed by atoms with Crippen molar-refractivity contribution in [3.05, 3.63) is 34.3 Å². The molecule has 0 bridgehead atoms. The maximum Gasteiger partial charge on any atom is 0.153 e. The first kappa shape index (κ1) is 14.8. The van der Waals surface area contributed by atoms with Crippen molar-refractivity contribution in [2.24, 2.45) is 0 Å². The first-order valence-electron chi connectivity index (χ1n) is 6.39. The highest BCUT2D eigenvalue weighted by Gasteiger charge is 2.31. The van der Waals surface area contributed by atoms with Gasteiger partial charge in [-0.2, -0.15) is 0 Å². The van der Waals surface area contributed by atoms with Crippen molar-refractivity contribution in [1.29, 1.82) is 0 Å². The monoisotopic (exact) mass is 301 g/mol. The van der Waals surface area contributed by atoms with Gasteiger partial charge >= 0.3 is 0 Å². The Bertz CT molecular complexity index is 581. The Balaban J connectivity index is 1.98. The van der Waals surface area contributed by atoms with Gasteiger partial charge in [0.25, 0.3) is 0 Å². The van der Waals surface area contributed by atoms with E-state index in [1.807, 2.05) is 12.1 Å². The maximum atomic E-state index is 11.7. The number of halogens is 1. The molecule has 3 nitrogen and oxygen atoms in total. The van der Waals surface area contributed by atoms with Crippen LogP contribution in [0.25, 0.3) is 0 Å². The van der Waals surface area contributed by atoms with Gasteiger partial charge in [0.15, 0.2) is 9.84 Å². The normalized spacial score (nSPS) is 19.5. The Labute approximate surface area is 120 Å². The second kappa shape index (κ2) is 5.08. The molecule has 106 valence electrons. The third kappa shape index (κ3) is 3.30. The van der Waals surface area contributed by atoms with Crippen LogP contribution in [0.5, 0.6) is 0 Å². The molecule has 1 N–H and O–H groups in total. The molecule has 0 saturated carbocycles. The highest BCUT2D eigenvalue weighted by Crippen LogP contribution is 2.26. The molecule has 0 heterocycles. The molecule has 1 aromatic rings. The number of sulfone groups is 1. The summed E-state index contributed by atoms with van der Waals surface area (Å²) >= 11 is 5.98. The molecule has 0 aliphatic heterocycles. The summed E-state index contributed by atoms with van der Waals surface area (Å²) in [6.45, 7) is 3.99. The second-order valence-corrected chi connectivity index (χ2v) is 9.02. The molecule has 0 amide bonds. The number of benzene rings is 1. The molecule has 0 spiro atoms. The molecule has 19 heavy (non-hydrogen) atoms. The van der Waals surface area contributed by atoms with Crippen molar-refractivity contribution < 1.29 is 8.42 Å². The van der Waals surface area contributed by atoms with Gasteiger partial charge in [0, 0.05) is 23.9 Å². The van der Waals surface area contributed by atoms with Crippen LogP contribution in [0.15, 0.2) is 18.2 Å². The summed E-state index contributed by atoms with van der Waals surface area (Å²) in [6, 6.07) is 6.26. The fourth-order valence-corrected chi connectivity index (χ4v) is 2.79. The van der Waals surface area contributed by atoms with E-state index in [-0.39, 0.29) is 0 Å². The van der Waals surface area contributed by atoms with Crippen molar-refractivity contribution in [2.75, 3.05) is 12.8 Å². The largest absolute Gasteiger partial charge is 0.312 e. The van der Waals surface area contributed by atoms with Gasteiger partial charge in [0.2, 0.25) is 0 Å². The van der Waals surface area contributed by atoms with Crippen LogP contribution < -0.4 is 5.32 Å². The Hall–Kier alpha value is -0.580. The van der Waals surface area contributed by atoms with E-state index in [9.17, 15) is 8.42 Å². The quantitative estimate of drug-likeness (QED) is 0.927. The zero-order valence-electron chi connectivity index (χ0n) is 11.5. The lowest BCUT2D eigenvalue weighted by Gasteiger charge is -2.25. The first-order chi connectivity index (χ1) is 8.69. The van der Waals surface area contributed by atoms with Gasteiger partial charge in [-0.05, 0) is 49.9 Å². The summed E-state index contributed by atoms with van der Waals surface area (Å²) in [7, 11) is -3.05. The molecule has 0 fully saturated rings. The summed E-state index contributed by atoms with van der Waals surface area (Å²) in [4.78, 5) is 0. The topological polar surface area (TPSA) is 46.2 Å². The third-order valence-electron chi connectivity index (χ3n) is 3.92. The van der Waals surface area contributed by atoms with Gasteiger partial charge in [-0.25, -0.2) is 8.42 Å². The van der Waals surface area contributed by atoms with E-state index in [1.165, 1.54) is 17.4 Å². The number of fused-ring (bicyclic) bond motifs is 1. The zero-order chi connectivity index (χ0) is 14.3. The Morgan fingerprint density at radius 2 is 1.95 bits per heavy atom. The summed E-state index contributed by atoms with van der Waals surface area (Å²) < 4.78 is 22.6. The van der Waals surface area contributed by atoms with E-state index in [2.05, 4.69) is 11.4 Å². The van der Waals surface area contributed by atoms with E-state index in [0.29, 0.717) is 12.6 Å². The third-order valence-corrected chi connectivity index (χ3v) is 6.31. The lowest BCUT2D eigenvalue weighted by Crippen LogP contribution is -2.45. The lowest BCUT2D eigenvalue weighted by molar-refractivity contribution is 0.472. The molecule has 5 heteroatoms. The smallest absolute Gasteiger partial charge is 0.153 e. The van der Waals surface area contributed by atoms with Crippen LogP contribution in [-0.2, 0) is 22.7 Å². The number of nitrogens with one attached hydrogen (secondary N) is 1. The molecule has 1 unspecified atom stereocenters. The van der Waals surface area contributed by atoms with Gasteiger partial charge in [-0.1, -0.05) is 17.7 Å². The summed E-state index contributed by atoms with van der Waals surface area (Å²) in [6.07, 6.45) is 3.14. The van der Waals surface area contributed by atoms with E-state index in [0.717, 1.165) is 17.9 Å². The van der Waals surface area contributed by atoms with E-state index in [1.54, 1.807) is 13.8 Å². The van der Waals surface area contributed by atoms with Gasteiger partial charge in [0.1, 0.15) is 0 Å². The molecule has 1 atom stereocenters. The van der Waals surface area contributed by atoms with Crippen LogP contribution in [0, 0.1) is 0 Å². The number of hydrogen-bond acceptors (Lipinski definition) is 3. The standard InChI is InChI=1S/C14H20ClNO2S/c1-14(2,19(3,17)18)9-16-13-7-10-4-5-12(15)6-11(10)8-13/h4-6,13,16H,7-9H2,1-3H3. The fourth-order valence-electron chi connectivity index (χ4n) is 2.25. The average molecular weight is 302 g/mol. The lowest BCUT2D eigenvalue weighted by atomic mass is 10.1. The molecular weight excluding hydrogens is 282 g/mol. The van der Waals surface area contributed by atoms with Gasteiger partial charge in [-0.15, -0.1) is 0 Å². The minimum atomic E-state index is -3.05. The summed E-state index contributed by atoms with van der Waals surface area (Å²) in [5.41, 5.74) is 2.57. The Kier molecular flexibility index (Phi) is 3.96. The summed E-state index contributed by atoms with van der Waals surface area (Å²) in [5, 5.41) is 4.13. The van der Waals surface area contributed by atoms with Crippen LogP contribution in [0.3, 0.4) is 0 Å². The SMILES string of the molecule is CC(C)(CNC1Cc2ccc(Cl)cc2C1)S(C)(=O)=O. The van der Waals surface area contributed by atoms with Crippen molar-refractivity contribution in [3.8, 4) is 0 Å². The van der Waals surface area contributed by atoms with Crippen LogP contribution in [0.4, 0.5) is 0 Å². The molecule has 0 aromatic heterocycles. The van der Waals surface area contributed by atoms with Crippen LogP contribution in [0.1, 0.15) is 25.0 Å². The zero-order valence-corrected chi connectivity index (χ0v) is 13.1. The number of hydrogen-bond donors (Lipinski definition) is 1. The minimum absolute atomic E-state index is 0.300.